The molecule has 0 spiro atoms. The number of likely N-dealkylation sites (N-methyl/N-ethyl adjacent to an activating group) is 1. The van der Waals surface area contributed by atoms with Crippen molar-refractivity contribution in [1.82, 2.24) is 10.2 Å². The average Bonchev–Trinajstić information content (AvgIpc) is 2.58. The number of nitrogens with two attached hydrogens (primary N) is 1. The highest BCUT2D eigenvalue weighted by atomic mass is 19.4. The summed E-state index contributed by atoms with van der Waals surface area (Å²) in [6, 6.07) is 5.11. The Morgan fingerprint density at radius 2 is 1.81 bits per heavy atom. The summed E-state index contributed by atoms with van der Waals surface area (Å²) in [7, 11) is 1.60. The number of methoxy groups -OCH3 is 1. The zero-order chi connectivity index (χ0) is 19.7. The fraction of sp³-hybridized carbons (Fsp3) is 0.611. The normalized spacial score (nSPS) is 15.2. The minimum atomic E-state index is -4.34. The number of ether oxygens (including phenoxy) is 1. The third kappa shape index (κ3) is 6.84. The molecule has 0 aliphatic heterocycles. The Labute approximate surface area is 153 Å². The highest BCUT2D eigenvalue weighted by Gasteiger charge is 2.30. The molecule has 2 atom stereocenters. The Balaban J connectivity index is 2.95. The van der Waals surface area contributed by atoms with Gasteiger partial charge in [-0.15, -0.1) is 0 Å². The van der Waals surface area contributed by atoms with Gasteiger partial charge < -0.3 is 15.8 Å². The Hall–Kier alpha value is -1.80. The number of nitrogens with zero attached hydrogens (tertiary/aromatic N) is 2. The van der Waals surface area contributed by atoms with Crippen molar-refractivity contribution < 1.29 is 17.9 Å². The quantitative estimate of drug-likeness (QED) is 0.515. The summed E-state index contributed by atoms with van der Waals surface area (Å²) in [5.41, 5.74) is 6.04. The van der Waals surface area contributed by atoms with E-state index < -0.39 is 11.7 Å². The van der Waals surface area contributed by atoms with E-state index in [4.69, 9.17) is 10.5 Å². The highest BCUT2D eigenvalue weighted by molar-refractivity contribution is 5.78. The maximum Gasteiger partial charge on any atom is 0.416 e. The number of aliphatic imine (C=N–C) groups is 1. The van der Waals surface area contributed by atoms with E-state index in [2.05, 4.69) is 15.2 Å². The standard InChI is InChI=1S/C18H29F3N4O/c1-5-25(6-2)16(11-23-17(22)24-13(3)12-26-4)14-7-9-15(10-8-14)18(19,20)21/h7-10,13,16H,5-6,11-12H2,1-4H3,(H3,22,23,24). The Bertz CT molecular complexity index is 557. The molecule has 1 aromatic carbocycles. The predicted molar refractivity (Wildman–Crippen MR) is 98.1 cm³/mol. The summed E-state index contributed by atoms with van der Waals surface area (Å²) in [4.78, 5) is 6.51. The van der Waals surface area contributed by atoms with E-state index in [1.807, 2.05) is 20.8 Å². The van der Waals surface area contributed by atoms with E-state index in [1.54, 1.807) is 7.11 Å². The van der Waals surface area contributed by atoms with Gasteiger partial charge in [-0.05, 0) is 37.7 Å². The van der Waals surface area contributed by atoms with Gasteiger partial charge >= 0.3 is 6.18 Å². The van der Waals surface area contributed by atoms with Crippen LogP contribution in [0.1, 0.15) is 37.9 Å². The molecule has 0 aliphatic rings. The van der Waals surface area contributed by atoms with Crippen LogP contribution in [0, 0.1) is 0 Å². The van der Waals surface area contributed by atoms with E-state index in [0.29, 0.717) is 19.1 Å². The minimum Gasteiger partial charge on any atom is -0.383 e. The molecule has 148 valence electrons. The van der Waals surface area contributed by atoms with Crippen molar-refractivity contribution in [2.24, 2.45) is 10.7 Å². The molecule has 8 heteroatoms. The second-order valence-corrected chi connectivity index (χ2v) is 6.08. The first-order chi connectivity index (χ1) is 12.2. The van der Waals surface area contributed by atoms with Gasteiger partial charge in [-0.25, -0.2) is 0 Å². The molecule has 0 saturated carbocycles. The second-order valence-electron chi connectivity index (χ2n) is 6.08. The predicted octanol–water partition coefficient (Wildman–Crippen LogP) is 3.03. The third-order valence-corrected chi connectivity index (χ3v) is 4.12. The number of halogens is 3. The molecule has 5 nitrogen and oxygen atoms in total. The molecule has 0 heterocycles. The van der Waals surface area contributed by atoms with Crippen LogP contribution >= 0.6 is 0 Å². The van der Waals surface area contributed by atoms with Crippen molar-refractivity contribution in [3.05, 3.63) is 35.4 Å². The van der Waals surface area contributed by atoms with Crippen LogP contribution in [0.5, 0.6) is 0 Å². The smallest absolute Gasteiger partial charge is 0.383 e. The van der Waals surface area contributed by atoms with Gasteiger partial charge in [-0.1, -0.05) is 26.0 Å². The average molecular weight is 374 g/mol. The molecule has 0 radical (unpaired) electrons. The van der Waals surface area contributed by atoms with Gasteiger partial charge in [0, 0.05) is 13.2 Å². The fourth-order valence-corrected chi connectivity index (χ4v) is 2.76. The van der Waals surface area contributed by atoms with Crippen LogP contribution in [-0.2, 0) is 10.9 Å². The lowest BCUT2D eigenvalue weighted by Crippen LogP contribution is -2.41. The van der Waals surface area contributed by atoms with Gasteiger partial charge in [-0.2, -0.15) is 13.2 Å². The van der Waals surface area contributed by atoms with E-state index in [1.165, 1.54) is 12.1 Å². The molecular formula is C18H29F3N4O. The van der Waals surface area contributed by atoms with Crippen molar-refractivity contribution in [3.63, 3.8) is 0 Å². The van der Waals surface area contributed by atoms with Gasteiger partial charge in [-0.3, -0.25) is 9.89 Å². The maximum atomic E-state index is 12.8. The van der Waals surface area contributed by atoms with Gasteiger partial charge in [0.1, 0.15) is 0 Å². The molecule has 1 rings (SSSR count). The Kier molecular flexibility index (Phi) is 8.87. The van der Waals surface area contributed by atoms with Crippen LogP contribution in [0.3, 0.4) is 0 Å². The number of nitrogens with one attached hydrogen (secondary N) is 1. The molecule has 1 aromatic rings. The van der Waals surface area contributed by atoms with Crippen LogP contribution in [0.4, 0.5) is 13.2 Å². The number of rotatable bonds is 9. The number of guanidine groups is 1. The first-order valence-electron chi connectivity index (χ1n) is 8.69. The van der Waals surface area contributed by atoms with Crippen molar-refractivity contribution in [2.75, 3.05) is 33.4 Å². The highest BCUT2D eigenvalue weighted by Crippen LogP contribution is 2.31. The van der Waals surface area contributed by atoms with Crippen LogP contribution in [0.15, 0.2) is 29.3 Å². The van der Waals surface area contributed by atoms with Crippen LogP contribution in [-0.4, -0.2) is 50.3 Å². The SMILES string of the molecule is CCN(CC)C(CN=C(N)NC(C)COC)c1ccc(C(F)(F)F)cc1. The molecule has 0 saturated heterocycles. The number of hydrogen-bond donors (Lipinski definition) is 2. The summed E-state index contributed by atoms with van der Waals surface area (Å²) >= 11 is 0. The largest absolute Gasteiger partial charge is 0.416 e. The van der Waals surface area contributed by atoms with Crippen LogP contribution in [0.2, 0.25) is 0 Å². The van der Waals surface area contributed by atoms with E-state index in [0.717, 1.165) is 30.8 Å². The molecule has 0 fully saturated rings. The molecule has 0 aliphatic carbocycles. The van der Waals surface area contributed by atoms with E-state index in [-0.39, 0.29) is 12.1 Å². The molecular weight excluding hydrogens is 345 g/mol. The lowest BCUT2D eigenvalue weighted by molar-refractivity contribution is -0.137. The topological polar surface area (TPSA) is 62.9 Å². The van der Waals surface area contributed by atoms with Crippen molar-refractivity contribution >= 4 is 5.96 Å². The summed E-state index contributed by atoms with van der Waals surface area (Å²) in [6.07, 6.45) is -4.34. The molecule has 0 aromatic heterocycles. The third-order valence-electron chi connectivity index (χ3n) is 4.12. The number of alkyl halides is 3. The lowest BCUT2D eigenvalue weighted by atomic mass is 10.0. The van der Waals surface area contributed by atoms with Gasteiger partial charge in [0.2, 0.25) is 0 Å². The van der Waals surface area contributed by atoms with Crippen molar-refractivity contribution in [3.8, 4) is 0 Å². The zero-order valence-electron chi connectivity index (χ0n) is 15.8. The fourth-order valence-electron chi connectivity index (χ4n) is 2.76. The molecule has 0 amide bonds. The maximum absolute atomic E-state index is 12.8. The van der Waals surface area contributed by atoms with Crippen LogP contribution < -0.4 is 11.1 Å². The van der Waals surface area contributed by atoms with Gasteiger partial charge in [0.25, 0.3) is 0 Å². The second kappa shape index (κ2) is 10.4. The summed E-state index contributed by atoms with van der Waals surface area (Å²) < 4.78 is 43.4. The molecule has 3 N–H and O–H groups in total. The van der Waals surface area contributed by atoms with Gasteiger partial charge in [0.15, 0.2) is 5.96 Å². The Morgan fingerprint density at radius 3 is 2.27 bits per heavy atom. The molecule has 2 unspecified atom stereocenters. The lowest BCUT2D eigenvalue weighted by Gasteiger charge is -2.29. The summed E-state index contributed by atoms with van der Waals surface area (Å²) in [5.74, 6) is 0.290. The number of hydrogen-bond acceptors (Lipinski definition) is 3. The first kappa shape index (κ1) is 22.2. The first-order valence-corrected chi connectivity index (χ1v) is 8.69. The van der Waals surface area contributed by atoms with Crippen molar-refractivity contribution in [2.45, 2.75) is 39.0 Å². The summed E-state index contributed by atoms with van der Waals surface area (Å²) in [6.45, 7) is 8.29. The van der Waals surface area contributed by atoms with Gasteiger partial charge in [0.05, 0.1) is 24.8 Å². The molecule has 26 heavy (non-hydrogen) atoms. The van der Waals surface area contributed by atoms with E-state index >= 15 is 0 Å². The van der Waals surface area contributed by atoms with Crippen molar-refractivity contribution in [1.29, 1.82) is 0 Å². The van der Waals surface area contributed by atoms with Crippen LogP contribution in [0.25, 0.3) is 0 Å². The molecule has 0 bridgehead atoms. The minimum absolute atomic E-state index is 0.0155. The zero-order valence-corrected chi connectivity index (χ0v) is 15.8. The monoisotopic (exact) mass is 374 g/mol. The van der Waals surface area contributed by atoms with E-state index in [9.17, 15) is 13.2 Å². The summed E-state index contributed by atoms with van der Waals surface area (Å²) in [5, 5.41) is 3.03. The Morgan fingerprint density at radius 1 is 1.23 bits per heavy atom. The number of benzene rings is 1.